The molecule has 0 bridgehead atoms. The fraction of sp³-hybridized carbons (Fsp3) is 0.324. The van der Waals surface area contributed by atoms with Crippen LogP contribution in [0.2, 0.25) is 0 Å². The Kier molecular flexibility index (Phi) is 37.0. The van der Waals surface area contributed by atoms with Gasteiger partial charge in [-0.1, -0.05) is 79.7 Å². The van der Waals surface area contributed by atoms with Crippen LogP contribution < -0.4 is 80.0 Å². The first-order valence-corrected chi connectivity index (χ1v) is 18.4. The summed E-state index contributed by atoms with van der Waals surface area (Å²) >= 11 is 0. The number of nitro groups is 2. The van der Waals surface area contributed by atoms with Gasteiger partial charge in [0.1, 0.15) is 16.8 Å². The molecule has 4 rings (SSSR count). The van der Waals surface area contributed by atoms with Gasteiger partial charge in [-0.15, -0.1) is 4.91 Å². The minimum atomic E-state index is -4.67. The molecule has 0 radical (unpaired) electrons. The smallest absolute Gasteiger partial charge is 0.635 e. The number of aromatic hydroxyl groups is 2. The van der Waals surface area contributed by atoms with Crippen molar-refractivity contribution in [3.8, 4) is 11.5 Å². The van der Waals surface area contributed by atoms with Crippen molar-refractivity contribution >= 4 is 45.3 Å². The summed E-state index contributed by atoms with van der Waals surface area (Å²) < 4.78 is 31.6. The number of phenolic OH excluding ortho intramolecular Hbond substituents is 2. The van der Waals surface area contributed by atoms with Gasteiger partial charge in [-0.3, -0.25) is 34.1 Å². The number of non-ortho nitro benzene ring substituents is 2. The number of rotatable bonds is 7. The molecule has 22 nitrogen and oxygen atoms in total. The molecular formula is C37H56KN7O15S. The summed E-state index contributed by atoms with van der Waals surface area (Å²) in [7, 11) is -4.67. The van der Waals surface area contributed by atoms with E-state index >= 15 is 0 Å². The molecule has 4 aromatic carbocycles. The van der Waals surface area contributed by atoms with E-state index in [1.54, 1.807) is 24.3 Å². The van der Waals surface area contributed by atoms with Crippen LogP contribution in [-0.2, 0) is 20.2 Å². The standard InChI is InChI=1S/C9H12N2O2.C9H11NO3.C9H13NO.C9H13N.CH2O2.K.HNO3.H3N.H2O4S/c1-6(2)8-4-3-7(11(12)13)5-9(8)10;1-6(2)8-4-3-7(10(12)13)5-9(8)11;1-6(2)8-4-3-7(10)5-9(8)11;1-7(2)8-5-3-4-6-9(8)10;2-1-3;;2-1-4-3;;1-5(2,3)4/h3-6H,10H2,1-2H3;3-6,11H,1-2H3;3-6,11H,10H2,1-2H3;3-7H,10H2,1-2H3;1H,(H,2,3);;3H;1H3;(H2,1,2,3,4)/q;;;;;+1;;;/p-1. The van der Waals surface area contributed by atoms with Gasteiger partial charge in [0.2, 0.25) is 0 Å². The van der Waals surface area contributed by atoms with Gasteiger partial charge in [-0.25, -0.2) is 0 Å². The van der Waals surface area contributed by atoms with E-state index in [1.807, 2.05) is 65.8 Å². The number of nitrogens with two attached hydrogens (primary N) is 3. The summed E-state index contributed by atoms with van der Waals surface area (Å²) in [5.74, 6) is 1.61. The van der Waals surface area contributed by atoms with Gasteiger partial charge in [-0.05, 0) is 70.2 Å². The van der Waals surface area contributed by atoms with Gasteiger partial charge >= 0.3 is 61.8 Å². The van der Waals surface area contributed by atoms with Crippen molar-refractivity contribution in [3.63, 3.8) is 0 Å². The Bertz CT molecular complexity index is 1930. The monoisotopic (exact) mass is 909 g/mol. The molecule has 0 saturated carbocycles. The normalized spacial score (nSPS) is 9.49. The number of anilines is 3. The second-order valence-corrected chi connectivity index (χ2v) is 13.7. The number of nitro benzene ring substituents is 2. The van der Waals surface area contributed by atoms with E-state index in [1.165, 1.54) is 35.2 Å². The van der Waals surface area contributed by atoms with Crippen molar-refractivity contribution in [2.24, 2.45) is 5.34 Å². The number of nitrogen functional groups attached to an aromatic ring is 3. The molecule has 0 aliphatic rings. The number of benzene rings is 4. The molecule has 0 fully saturated rings. The van der Waals surface area contributed by atoms with Crippen LogP contribution in [0.4, 0.5) is 28.4 Å². The number of hydrogen-bond acceptors (Lipinski definition) is 17. The Balaban J connectivity index is -0.000000208. The Hall–Kier alpha value is -5.02. The third-order valence-corrected chi connectivity index (χ3v) is 7.07. The fourth-order valence-corrected chi connectivity index (χ4v) is 4.42. The molecule has 0 aliphatic heterocycles. The predicted molar refractivity (Wildman–Crippen MR) is 227 cm³/mol. The third kappa shape index (κ3) is 31.5. The van der Waals surface area contributed by atoms with E-state index in [-0.39, 0.29) is 87.0 Å². The molecule has 0 amide bonds. The van der Waals surface area contributed by atoms with E-state index in [0.717, 1.165) is 22.4 Å². The summed E-state index contributed by atoms with van der Waals surface area (Å²) in [5, 5.41) is 56.1. The first-order valence-electron chi connectivity index (χ1n) is 17.0. The van der Waals surface area contributed by atoms with Crippen molar-refractivity contribution in [1.29, 1.82) is 0 Å². The maximum Gasteiger partial charge on any atom is 1.00 e. The van der Waals surface area contributed by atoms with Crippen molar-refractivity contribution in [3.05, 3.63) is 126 Å². The summed E-state index contributed by atoms with van der Waals surface area (Å²) in [4.78, 5) is 38.9. The van der Waals surface area contributed by atoms with Crippen LogP contribution >= 0.6 is 0 Å². The molecule has 4 aromatic rings. The topological polar surface area (TPSA) is 413 Å². The zero-order valence-corrected chi connectivity index (χ0v) is 39.3. The molecule has 0 aromatic heterocycles. The van der Waals surface area contributed by atoms with Gasteiger partial charge in [0.15, 0.2) is 0 Å². The van der Waals surface area contributed by atoms with E-state index in [9.17, 15) is 30.4 Å². The van der Waals surface area contributed by atoms with Gasteiger partial charge in [-0.2, -0.15) is 8.42 Å². The third-order valence-electron chi connectivity index (χ3n) is 7.07. The van der Waals surface area contributed by atoms with E-state index in [4.69, 9.17) is 54.8 Å². The van der Waals surface area contributed by atoms with Crippen LogP contribution in [-0.4, -0.2) is 49.2 Å². The van der Waals surface area contributed by atoms with Crippen molar-refractivity contribution in [1.82, 2.24) is 6.15 Å². The summed E-state index contributed by atoms with van der Waals surface area (Å²) in [5.41, 5.74) is 22.7. The SMILES string of the molecule is CC(C)c1ccc(N)cc1O.CC(C)c1ccc([N+](=O)[O-])cc1N.CC(C)c1ccc([N+](=O)[O-])cc1O.CC(C)c1ccccc1N.N.O=CO.O=NO[O-].O=S(=O)(O)O.[K+]. The molecule has 0 saturated heterocycles. The number of para-hydroxylation sites is 1. The Morgan fingerprint density at radius 1 is 0.656 bits per heavy atom. The maximum atomic E-state index is 10.4. The van der Waals surface area contributed by atoms with Gasteiger partial charge in [0.05, 0.1) is 15.9 Å². The number of hydrogen-bond donors (Lipinski definition) is 9. The van der Waals surface area contributed by atoms with Crippen LogP contribution in [0.3, 0.4) is 0 Å². The van der Waals surface area contributed by atoms with E-state index in [2.05, 4.69) is 24.9 Å². The molecule has 0 heterocycles. The van der Waals surface area contributed by atoms with E-state index < -0.39 is 20.2 Å². The quantitative estimate of drug-likeness (QED) is 0.0181. The Labute approximate surface area is 396 Å². The molecule has 61 heavy (non-hydrogen) atoms. The Morgan fingerprint density at radius 2 is 0.967 bits per heavy atom. The number of carbonyl (C=O) groups is 1. The molecule has 24 heteroatoms. The minimum Gasteiger partial charge on any atom is -0.635 e. The van der Waals surface area contributed by atoms with Crippen LogP contribution in [0.5, 0.6) is 11.5 Å². The van der Waals surface area contributed by atoms with Gasteiger partial charge in [0.25, 0.3) is 17.8 Å². The second-order valence-electron chi connectivity index (χ2n) is 12.8. The number of phenols is 2. The van der Waals surface area contributed by atoms with Crippen molar-refractivity contribution < 1.29 is 109 Å². The molecule has 14 N–H and O–H groups in total. The average Bonchev–Trinajstić information content (AvgIpc) is 3.11. The Morgan fingerprint density at radius 3 is 1.25 bits per heavy atom. The average molecular weight is 910 g/mol. The predicted octanol–water partition coefficient (Wildman–Crippen LogP) is 4.39. The van der Waals surface area contributed by atoms with Crippen LogP contribution in [0, 0.1) is 25.1 Å². The zero-order chi connectivity index (χ0) is 46.6. The minimum absolute atomic E-state index is 0. The summed E-state index contributed by atoms with van der Waals surface area (Å²) in [6.45, 7) is 15.9. The number of nitrogens with zero attached hydrogens (tertiary/aromatic N) is 3. The maximum absolute atomic E-state index is 10.4. The molecule has 0 atom stereocenters. The van der Waals surface area contributed by atoms with Crippen molar-refractivity contribution in [2.45, 2.75) is 79.1 Å². The van der Waals surface area contributed by atoms with E-state index in [0.29, 0.717) is 34.9 Å². The van der Waals surface area contributed by atoms with Gasteiger partial charge in [0, 0.05) is 41.3 Å². The molecule has 336 valence electrons. The largest absolute Gasteiger partial charge is 1.00 e. The molecule has 0 spiro atoms. The number of carboxylic acid groups (broad SMARTS) is 1. The fourth-order valence-electron chi connectivity index (χ4n) is 4.42. The molecule has 0 aliphatic carbocycles. The van der Waals surface area contributed by atoms with Crippen molar-refractivity contribution in [2.75, 3.05) is 17.2 Å². The molecular weight excluding hydrogens is 854 g/mol. The summed E-state index contributed by atoms with van der Waals surface area (Å²) in [6, 6.07) is 22.0. The first kappa shape index (κ1) is 65.1. The summed E-state index contributed by atoms with van der Waals surface area (Å²) in [6.07, 6.45) is 0. The van der Waals surface area contributed by atoms with Crippen LogP contribution in [0.1, 0.15) is 101 Å². The van der Waals surface area contributed by atoms with Gasteiger partial charge < -0.3 is 48.9 Å². The zero-order valence-electron chi connectivity index (χ0n) is 35.4. The second kappa shape index (κ2) is 34.7. The first-order chi connectivity index (χ1) is 27.2. The molecule has 0 unspecified atom stereocenters. The van der Waals surface area contributed by atoms with Crippen LogP contribution in [0.25, 0.3) is 0 Å². The van der Waals surface area contributed by atoms with Crippen LogP contribution in [0.15, 0.2) is 84.2 Å².